The highest BCUT2D eigenvalue weighted by Crippen LogP contribution is 2.14. The minimum Gasteiger partial charge on any atom is -0.494 e. The molecule has 1 N–H and O–H groups in total. The molecule has 2 aromatic rings. The zero-order chi connectivity index (χ0) is 18.9. The fourth-order valence-corrected chi connectivity index (χ4v) is 2.03. The maximum Gasteiger partial charge on any atom is 0.381 e. The van der Waals surface area contributed by atoms with Crippen molar-refractivity contribution < 1.29 is 23.9 Å². The highest BCUT2D eigenvalue weighted by molar-refractivity contribution is 6.80. The van der Waals surface area contributed by atoms with Gasteiger partial charge in [-0.05, 0) is 43.3 Å². The minimum absolute atomic E-state index is 0.194. The third-order valence-corrected chi connectivity index (χ3v) is 3.30. The Bertz CT molecular complexity index is 814. The van der Waals surface area contributed by atoms with Crippen molar-refractivity contribution in [3.8, 4) is 5.75 Å². The second-order valence-corrected chi connectivity index (χ2v) is 5.05. The van der Waals surface area contributed by atoms with Gasteiger partial charge in [-0.15, -0.1) is 0 Å². The Kier molecular flexibility index (Phi) is 6.61. The van der Waals surface area contributed by atoms with Crippen molar-refractivity contribution in [2.45, 2.75) is 6.92 Å². The predicted molar refractivity (Wildman–Crippen MR) is 96.5 cm³/mol. The molecule has 0 radical (unpaired) electrons. The van der Waals surface area contributed by atoms with Gasteiger partial charge in [0.25, 0.3) is 5.78 Å². The topological polar surface area (TPSA) is 94.1 Å². The molecule has 0 amide bonds. The molecule has 7 heteroatoms. The number of carbonyl (C=O) groups excluding carboxylic acids is 3. The lowest BCUT2D eigenvalue weighted by Crippen LogP contribution is -2.32. The van der Waals surface area contributed by atoms with Gasteiger partial charge in [-0.25, -0.2) is 4.79 Å². The Morgan fingerprint density at radius 2 is 1.65 bits per heavy atom. The number of para-hydroxylation sites is 1. The van der Waals surface area contributed by atoms with Gasteiger partial charge in [-0.3, -0.25) is 15.0 Å². The molecule has 0 aliphatic rings. The predicted octanol–water partition coefficient (Wildman–Crippen LogP) is 2.48. The number of rotatable bonds is 8. The van der Waals surface area contributed by atoms with Crippen molar-refractivity contribution in [2.24, 2.45) is 5.10 Å². The van der Waals surface area contributed by atoms with E-state index in [-0.39, 0.29) is 5.56 Å². The summed E-state index contributed by atoms with van der Waals surface area (Å²) in [5.41, 5.74) is 2.79. The number of esters is 1. The first-order chi connectivity index (χ1) is 12.6. The van der Waals surface area contributed by atoms with Crippen LogP contribution >= 0.6 is 0 Å². The van der Waals surface area contributed by atoms with E-state index < -0.39 is 23.2 Å². The van der Waals surface area contributed by atoms with Gasteiger partial charge in [0, 0.05) is 5.56 Å². The van der Waals surface area contributed by atoms with Crippen molar-refractivity contribution in [3.05, 3.63) is 60.2 Å². The average Bonchev–Trinajstić information content (AvgIpc) is 2.68. The molecular weight excluding hydrogens is 336 g/mol. The summed E-state index contributed by atoms with van der Waals surface area (Å²) in [5, 5.41) is 3.83. The first-order valence-corrected chi connectivity index (χ1v) is 7.85. The van der Waals surface area contributed by atoms with E-state index in [1.165, 1.54) is 12.1 Å². The van der Waals surface area contributed by atoms with Crippen LogP contribution in [0.15, 0.2) is 59.7 Å². The lowest BCUT2D eigenvalue weighted by molar-refractivity contribution is -0.148. The molecule has 0 aromatic heterocycles. The SMILES string of the molecule is CCOc1ccc(C(=O)C(=NNc2ccccc2)C(=O)C(=O)OC)cc1. The molecular formula is C19H18N2O5. The first kappa shape index (κ1) is 18.9. The van der Waals surface area contributed by atoms with Crippen molar-refractivity contribution in [1.29, 1.82) is 0 Å². The van der Waals surface area contributed by atoms with Crippen molar-refractivity contribution in [2.75, 3.05) is 19.1 Å². The highest BCUT2D eigenvalue weighted by Gasteiger charge is 2.29. The van der Waals surface area contributed by atoms with E-state index in [0.717, 1.165) is 7.11 Å². The van der Waals surface area contributed by atoms with Crippen LogP contribution < -0.4 is 10.2 Å². The molecule has 0 bridgehead atoms. The van der Waals surface area contributed by atoms with Crippen LogP contribution in [0.4, 0.5) is 5.69 Å². The van der Waals surface area contributed by atoms with Crippen LogP contribution in [0, 0.1) is 0 Å². The molecule has 2 aromatic carbocycles. The summed E-state index contributed by atoms with van der Waals surface area (Å²) in [6.07, 6.45) is 0. The van der Waals surface area contributed by atoms with Crippen molar-refractivity contribution >= 4 is 28.9 Å². The summed E-state index contributed by atoms with van der Waals surface area (Å²) in [4.78, 5) is 36.4. The number of nitrogens with zero attached hydrogens (tertiary/aromatic N) is 1. The van der Waals surface area contributed by atoms with Gasteiger partial charge in [-0.1, -0.05) is 18.2 Å². The van der Waals surface area contributed by atoms with E-state index in [1.54, 1.807) is 42.5 Å². The second-order valence-electron chi connectivity index (χ2n) is 5.05. The summed E-state index contributed by atoms with van der Waals surface area (Å²) in [6, 6.07) is 14.9. The number of Topliss-reactive ketones (excluding diaryl/α,β-unsaturated/α-hetero) is 2. The minimum atomic E-state index is -1.17. The maximum atomic E-state index is 12.7. The number of nitrogens with one attached hydrogen (secondary N) is 1. The Morgan fingerprint density at radius 3 is 2.23 bits per heavy atom. The van der Waals surface area contributed by atoms with E-state index >= 15 is 0 Å². The molecule has 7 nitrogen and oxygen atoms in total. The molecule has 2 rings (SSSR count). The van der Waals surface area contributed by atoms with Crippen LogP contribution in [-0.2, 0) is 14.3 Å². The molecule has 134 valence electrons. The number of ketones is 2. The van der Waals surface area contributed by atoms with Gasteiger partial charge in [0.1, 0.15) is 5.75 Å². The van der Waals surface area contributed by atoms with Gasteiger partial charge < -0.3 is 9.47 Å². The zero-order valence-electron chi connectivity index (χ0n) is 14.4. The molecule has 0 saturated carbocycles. The van der Waals surface area contributed by atoms with E-state index in [0.29, 0.717) is 18.0 Å². The number of hydrogen-bond acceptors (Lipinski definition) is 7. The monoisotopic (exact) mass is 354 g/mol. The summed E-state index contributed by atoms with van der Waals surface area (Å²) < 4.78 is 9.73. The van der Waals surface area contributed by atoms with Crippen molar-refractivity contribution in [1.82, 2.24) is 0 Å². The summed E-state index contributed by atoms with van der Waals surface area (Å²) in [6.45, 7) is 2.33. The third-order valence-electron chi connectivity index (χ3n) is 3.30. The van der Waals surface area contributed by atoms with Crippen molar-refractivity contribution in [3.63, 3.8) is 0 Å². The molecule has 0 saturated heterocycles. The Morgan fingerprint density at radius 1 is 1.00 bits per heavy atom. The lowest BCUT2D eigenvalue weighted by atomic mass is 10.0. The van der Waals surface area contributed by atoms with Crippen LogP contribution in [0.5, 0.6) is 5.75 Å². The summed E-state index contributed by atoms with van der Waals surface area (Å²) in [7, 11) is 1.06. The third kappa shape index (κ3) is 4.76. The van der Waals surface area contributed by atoms with Gasteiger partial charge in [-0.2, -0.15) is 5.10 Å². The molecule has 26 heavy (non-hydrogen) atoms. The molecule has 0 unspecified atom stereocenters. The standard InChI is InChI=1S/C19H18N2O5/c1-3-26-15-11-9-13(10-12-15)17(22)16(18(23)19(24)25-2)21-20-14-7-5-4-6-8-14/h4-12,20H,3H2,1-2H3. The zero-order valence-corrected chi connectivity index (χ0v) is 14.4. The molecule has 0 atom stereocenters. The fourth-order valence-electron chi connectivity index (χ4n) is 2.03. The highest BCUT2D eigenvalue weighted by atomic mass is 16.5. The maximum absolute atomic E-state index is 12.7. The first-order valence-electron chi connectivity index (χ1n) is 7.85. The van der Waals surface area contributed by atoms with Gasteiger partial charge in [0.2, 0.25) is 5.78 Å². The van der Waals surface area contributed by atoms with Crippen LogP contribution in [-0.4, -0.2) is 37.0 Å². The molecule has 0 aliphatic carbocycles. The number of ether oxygens (including phenoxy) is 2. The van der Waals surface area contributed by atoms with Crippen LogP contribution in [0.1, 0.15) is 17.3 Å². The number of methoxy groups -OCH3 is 1. The van der Waals surface area contributed by atoms with Crippen LogP contribution in [0.2, 0.25) is 0 Å². The number of hydrazone groups is 1. The van der Waals surface area contributed by atoms with Gasteiger partial charge >= 0.3 is 5.97 Å². The number of carbonyl (C=O) groups is 3. The molecule has 0 heterocycles. The Labute approximate surface area is 150 Å². The molecule has 0 fully saturated rings. The van der Waals surface area contributed by atoms with E-state index in [4.69, 9.17) is 4.74 Å². The quantitative estimate of drug-likeness (QED) is 0.195. The van der Waals surface area contributed by atoms with Crippen LogP contribution in [0.25, 0.3) is 0 Å². The average molecular weight is 354 g/mol. The number of anilines is 1. The van der Waals surface area contributed by atoms with E-state index in [2.05, 4.69) is 15.3 Å². The molecule has 0 spiro atoms. The largest absolute Gasteiger partial charge is 0.494 e. The van der Waals surface area contributed by atoms with Gasteiger partial charge in [0.05, 0.1) is 19.4 Å². The smallest absolute Gasteiger partial charge is 0.381 e. The summed E-state index contributed by atoms with van der Waals surface area (Å²) >= 11 is 0. The molecule has 0 aliphatic heterocycles. The Hall–Kier alpha value is -3.48. The number of hydrogen-bond donors (Lipinski definition) is 1. The second kappa shape index (κ2) is 9.12. The van der Waals surface area contributed by atoms with E-state index in [9.17, 15) is 14.4 Å². The fraction of sp³-hybridized carbons (Fsp3) is 0.158. The van der Waals surface area contributed by atoms with Crippen LogP contribution in [0.3, 0.4) is 0 Å². The van der Waals surface area contributed by atoms with E-state index in [1.807, 2.05) is 6.92 Å². The number of benzene rings is 2. The Balaban J connectivity index is 2.31. The summed E-state index contributed by atoms with van der Waals surface area (Å²) in [5.74, 6) is -2.41. The lowest BCUT2D eigenvalue weighted by Gasteiger charge is -2.07. The normalized spacial score (nSPS) is 10.8. The van der Waals surface area contributed by atoms with Gasteiger partial charge in [0.15, 0.2) is 5.71 Å².